The topological polar surface area (TPSA) is 128 Å². The number of aliphatic hydroxyl groups excluding tert-OH is 1. The van der Waals surface area contributed by atoms with E-state index >= 15 is 0 Å². The number of nitrogens with zero attached hydrogens (tertiary/aromatic N) is 1. The predicted octanol–water partition coefficient (Wildman–Crippen LogP) is 3.25. The molecule has 2 rings (SSSR count). The average Bonchev–Trinajstić information content (AvgIpc) is 2.76. The van der Waals surface area contributed by atoms with Crippen LogP contribution in [-0.2, 0) is 14.3 Å². The number of nitrogens with one attached hydrogen (secondary N) is 2. The minimum atomic E-state index is -1.09. The van der Waals surface area contributed by atoms with Gasteiger partial charge in [0.05, 0.1) is 6.61 Å². The molecule has 2 unspecified atom stereocenters. The van der Waals surface area contributed by atoms with Crippen molar-refractivity contribution in [3.8, 4) is 5.75 Å². The van der Waals surface area contributed by atoms with Gasteiger partial charge in [-0.15, -0.1) is 0 Å². The lowest BCUT2D eigenvalue weighted by molar-refractivity contribution is -0.144. The van der Waals surface area contributed by atoms with E-state index in [-0.39, 0.29) is 36.8 Å². The monoisotopic (exact) mass is 491 g/mol. The number of hydrogen-bond acceptors (Lipinski definition) is 6. The number of alkyl carbamates (subject to hydrolysis) is 1. The van der Waals surface area contributed by atoms with Crippen LogP contribution in [0.5, 0.6) is 5.75 Å². The van der Waals surface area contributed by atoms with E-state index in [1.165, 1.54) is 17.0 Å². The van der Waals surface area contributed by atoms with Gasteiger partial charge in [0.2, 0.25) is 11.8 Å². The fourth-order valence-corrected chi connectivity index (χ4v) is 4.30. The largest absolute Gasteiger partial charge is 0.508 e. The number of carbonyl (C=O) groups excluding carboxylic acids is 3. The van der Waals surface area contributed by atoms with Crippen LogP contribution in [0.1, 0.15) is 78.3 Å². The van der Waals surface area contributed by atoms with Crippen LogP contribution in [0, 0.1) is 5.92 Å². The SMILES string of the molecule is CC(C)C(NC(=O)OC(C)(C)C)C(=O)N(CCO)C(C(=O)NC1CCCCC1)c1cccc(O)c1. The standard InChI is InChI=1S/C26H41N3O6/c1-17(2)21(28-25(34)35-26(3,4)5)24(33)29(14-15-30)22(18-10-9-13-20(31)16-18)23(32)27-19-11-7-6-8-12-19/h9-10,13,16-17,19,21-22,30-31H,6-8,11-12,14-15H2,1-5H3,(H,27,32)(H,28,34). The van der Waals surface area contributed by atoms with Crippen molar-refractivity contribution in [3.63, 3.8) is 0 Å². The number of carbonyl (C=O) groups is 3. The van der Waals surface area contributed by atoms with Gasteiger partial charge in [-0.3, -0.25) is 9.59 Å². The zero-order chi connectivity index (χ0) is 26.2. The van der Waals surface area contributed by atoms with Crippen LogP contribution in [0.2, 0.25) is 0 Å². The number of aliphatic hydroxyl groups is 1. The molecule has 196 valence electrons. The first kappa shape index (κ1) is 28.4. The van der Waals surface area contributed by atoms with E-state index in [1.807, 2.05) is 0 Å². The first-order valence-electron chi connectivity index (χ1n) is 12.4. The van der Waals surface area contributed by atoms with Gasteiger partial charge in [0.25, 0.3) is 0 Å². The van der Waals surface area contributed by atoms with Crippen LogP contribution in [-0.4, -0.2) is 63.9 Å². The molecule has 4 N–H and O–H groups in total. The second-order valence-corrected chi connectivity index (χ2v) is 10.5. The molecule has 9 nitrogen and oxygen atoms in total. The maximum absolute atomic E-state index is 13.8. The number of phenolic OH excluding ortho intramolecular Hbond substituents is 1. The van der Waals surface area contributed by atoms with Crippen LogP contribution >= 0.6 is 0 Å². The van der Waals surface area contributed by atoms with E-state index in [0.717, 1.165) is 32.1 Å². The summed E-state index contributed by atoms with van der Waals surface area (Å²) < 4.78 is 5.33. The maximum atomic E-state index is 13.8. The Morgan fingerprint density at radius 1 is 1.14 bits per heavy atom. The molecular formula is C26H41N3O6. The summed E-state index contributed by atoms with van der Waals surface area (Å²) in [7, 11) is 0. The second kappa shape index (κ2) is 12.8. The molecule has 0 saturated heterocycles. The summed E-state index contributed by atoms with van der Waals surface area (Å²) in [6, 6.07) is 4.11. The van der Waals surface area contributed by atoms with Crippen molar-refractivity contribution < 1.29 is 29.3 Å². The fraction of sp³-hybridized carbons (Fsp3) is 0.654. The smallest absolute Gasteiger partial charge is 0.408 e. The van der Waals surface area contributed by atoms with Crippen molar-refractivity contribution in [3.05, 3.63) is 29.8 Å². The van der Waals surface area contributed by atoms with Gasteiger partial charge in [0, 0.05) is 12.6 Å². The normalized spacial score (nSPS) is 16.3. The molecule has 0 spiro atoms. The highest BCUT2D eigenvalue weighted by molar-refractivity contribution is 5.92. The van der Waals surface area contributed by atoms with Gasteiger partial charge in [-0.1, -0.05) is 45.2 Å². The van der Waals surface area contributed by atoms with Crippen molar-refractivity contribution in [2.45, 2.75) is 90.4 Å². The average molecular weight is 492 g/mol. The highest BCUT2D eigenvalue weighted by Gasteiger charge is 2.38. The van der Waals surface area contributed by atoms with Gasteiger partial charge < -0.3 is 30.5 Å². The molecule has 35 heavy (non-hydrogen) atoms. The number of benzene rings is 1. The highest BCUT2D eigenvalue weighted by Crippen LogP contribution is 2.27. The second-order valence-electron chi connectivity index (χ2n) is 10.5. The molecule has 1 aliphatic rings. The van der Waals surface area contributed by atoms with Crippen molar-refractivity contribution in [2.75, 3.05) is 13.2 Å². The minimum absolute atomic E-state index is 0.00271. The Labute approximate surface area is 208 Å². The first-order chi connectivity index (χ1) is 16.4. The number of amides is 3. The molecule has 0 radical (unpaired) electrons. The summed E-state index contributed by atoms with van der Waals surface area (Å²) in [5, 5.41) is 25.6. The molecular weight excluding hydrogens is 450 g/mol. The van der Waals surface area contributed by atoms with Crippen LogP contribution in [0.4, 0.5) is 4.79 Å². The molecule has 0 aliphatic heterocycles. The Bertz CT molecular complexity index is 861. The van der Waals surface area contributed by atoms with Gasteiger partial charge in [-0.05, 0) is 57.2 Å². The van der Waals surface area contributed by atoms with E-state index in [0.29, 0.717) is 5.56 Å². The van der Waals surface area contributed by atoms with Crippen LogP contribution < -0.4 is 10.6 Å². The zero-order valence-electron chi connectivity index (χ0n) is 21.5. The first-order valence-corrected chi connectivity index (χ1v) is 12.4. The fourth-order valence-electron chi connectivity index (χ4n) is 4.30. The van der Waals surface area contributed by atoms with E-state index in [4.69, 9.17) is 4.74 Å². The van der Waals surface area contributed by atoms with Gasteiger partial charge in [-0.2, -0.15) is 0 Å². The maximum Gasteiger partial charge on any atom is 0.408 e. The molecule has 1 fully saturated rings. The Hall–Kier alpha value is -2.81. The number of aromatic hydroxyl groups is 1. The van der Waals surface area contributed by atoms with E-state index in [9.17, 15) is 24.6 Å². The third-order valence-corrected chi connectivity index (χ3v) is 5.93. The molecule has 1 aliphatic carbocycles. The summed E-state index contributed by atoms with van der Waals surface area (Å²) >= 11 is 0. The summed E-state index contributed by atoms with van der Waals surface area (Å²) in [6.45, 7) is 8.23. The van der Waals surface area contributed by atoms with Gasteiger partial charge in [0.1, 0.15) is 23.4 Å². The van der Waals surface area contributed by atoms with Crippen molar-refractivity contribution >= 4 is 17.9 Å². The molecule has 9 heteroatoms. The number of hydrogen-bond donors (Lipinski definition) is 4. The Morgan fingerprint density at radius 2 is 1.80 bits per heavy atom. The molecule has 1 aromatic carbocycles. The lowest BCUT2D eigenvalue weighted by Gasteiger charge is -2.36. The third-order valence-electron chi connectivity index (χ3n) is 5.93. The van der Waals surface area contributed by atoms with Crippen LogP contribution in [0.3, 0.4) is 0 Å². The quantitative estimate of drug-likeness (QED) is 0.420. The van der Waals surface area contributed by atoms with Crippen molar-refractivity contribution in [1.29, 1.82) is 0 Å². The van der Waals surface area contributed by atoms with Gasteiger partial charge in [-0.25, -0.2) is 4.79 Å². The molecule has 0 aromatic heterocycles. The molecule has 1 aromatic rings. The molecule has 3 amide bonds. The van der Waals surface area contributed by atoms with Gasteiger partial charge >= 0.3 is 6.09 Å². The molecule has 2 atom stereocenters. The lowest BCUT2D eigenvalue weighted by atomic mass is 9.94. The number of phenols is 1. The Balaban J connectivity index is 2.40. The van der Waals surface area contributed by atoms with Crippen molar-refractivity contribution in [2.24, 2.45) is 5.92 Å². The number of ether oxygens (including phenoxy) is 1. The van der Waals surface area contributed by atoms with Gasteiger partial charge in [0.15, 0.2) is 0 Å². The predicted molar refractivity (Wildman–Crippen MR) is 133 cm³/mol. The summed E-state index contributed by atoms with van der Waals surface area (Å²) in [5.74, 6) is -1.26. The highest BCUT2D eigenvalue weighted by atomic mass is 16.6. The van der Waals surface area contributed by atoms with E-state index in [1.54, 1.807) is 46.8 Å². The number of rotatable bonds is 9. The van der Waals surface area contributed by atoms with E-state index in [2.05, 4.69) is 10.6 Å². The summed E-state index contributed by atoms with van der Waals surface area (Å²) in [4.78, 5) is 41.1. The van der Waals surface area contributed by atoms with Crippen molar-refractivity contribution in [1.82, 2.24) is 15.5 Å². The van der Waals surface area contributed by atoms with Crippen LogP contribution in [0.25, 0.3) is 0 Å². The summed E-state index contributed by atoms with van der Waals surface area (Å²) in [6.07, 6.45) is 4.16. The molecule has 0 bridgehead atoms. The molecule has 1 saturated carbocycles. The van der Waals surface area contributed by atoms with E-state index < -0.39 is 29.7 Å². The zero-order valence-corrected chi connectivity index (χ0v) is 21.5. The van der Waals surface area contributed by atoms with Crippen LogP contribution in [0.15, 0.2) is 24.3 Å². The third kappa shape index (κ3) is 8.72. The Morgan fingerprint density at radius 3 is 2.34 bits per heavy atom. The minimum Gasteiger partial charge on any atom is -0.508 e. The Kier molecular flexibility index (Phi) is 10.4. The lowest BCUT2D eigenvalue weighted by Crippen LogP contribution is -2.56. The molecule has 0 heterocycles. The summed E-state index contributed by atoms with van der Waals surface area (Å²) in [5.41, 5.74) is -0.330.